The molecule has 1 aromatic rings. The molecule has 0 bridgehead atoms. The smallest absolute Gasteiger partial charge is 0.326 e. The second-order valence-corrected chi connectivity index (χ2v) is 3.37. The van der Waals surface area contributed by atoms with Gasteiger partial charge in [0.05, 0.1) is 11.9 Å². The zero-order valence-corrected chi connectivity index (χ0v) is 7.96. The number of carboxylic acid groups (broad SMARTS) is 1. The summed E-state index contributed by atoms with van der Waals surface area (Å²) < 4.78 is 0. The molecule has 2 rings (SSSR count). The summed E-state index contributed by atoms with van der Waals surface area (Å²) in [4.78, 5) is 27.6. The average molecular weight is 206 g/mol. The summed E-state index contributed by atoms with van der Waals surface area (Å²) in [5.74, 6) is -1.12. The highest BCUT2D eigenvalue weighted by molar-refractivity contribution is 6.02. The lowest BCUT2D eigenvalue weighted by Gasteiger charge is -2.20. The topological polar surface area (TPSA) is 70.5 Å². The predicted molar refractivity (Wildman–Crippen MR) is 52.4 cm³/mol. The van der Waals surface area contributed by atoms with E-state index in [2.05, 4.69) is 4.98 Å². The van der Waals surface area contributed by atoms with Gasteiger partial charge >= 0.3 is 5.97 Å². The molecule has 1 aromatic heterocycles. The molecule has 5 nitrogen and oxygen atoms in total. The van der Waals surface area contributed by atoms with Crippen LogP contribution in [0.5, 0.6) is 0 Å². The Balaban J connectivity index is 2.33. The first kappa shape index (κ1) is 9.64. The second kappa shape index (κ2) is 3.68. The van der Waals surface area contributed by atoms with Gasteiger partial charge in [0, 0.05) is 12.6 Å². The molecule has 0 saturated carbocycles. The molecular weight excluding hydrogens is 196 g/mol. The first-order chi connectivity index (χ1) is 7.20. The third-order valence-electron chi connectivity index (χ3n) is 2.42. The van der Waals surface area contributed by atoms with Crippen molar-refractivity contribution in [2.75, 3.05) is 4.90 Å². The van der Waals surface area contributed by atoms with Gasteiger partial charge in [0.15, 0.2) is 0 Å². The van der Waals surface area contributed by atoms with Crippen LogP contribution >= 0.6 is 0 Å². The van der Waals surface area contributed by atoms with Crippen molar-refractivity contribution in [2.45, 2.75) is 18.9 Å². The van der Waals surface area contributed by atoms with E-state index in [0.29, 0.717) is 12.1 Å². The standard InChI is InChI=1S/C10H10N2O3/c13-9-4-3-8(10(14)15)12(9)7-2-1-5-11-6-7/h1-2,5-6,8H,3-4H2,(H,14,15)/t8-/m0/s1. The molecule has 0 unspecified atom stereocenters. The number of nitrogens with zero attached hydrogens (tertiary/aromatic N) is 2. The Labute approximate surface area is 86.3 Å². The molecule has 0 aliphatic carbocycles. The zero-order valence-electron chi connectivity index (χ0n) is 7.96. The van der Waals surface area contributed by atoms with E-state index in [1.165, 1.54) is 11.1 Å². The van der Waals surface area contributed by atoms with Gasteiger partial charge in [-0.15, -0.1) is 0 Å². The minimum Gasteiger partial charge on any atom is -0.480 e. The maximum absolute atomic E-state index is 11.5. The van der Waals surface area contributed by atoms with Crippen molar-refractivity contribution in [1.29, 1.82) is 0 Å². The molecule has 78 valence electrons. The van der Waals surface area contributed by atoms with Gasteiger partial charge in [0.2, 0.25) is 5.91 Å². The van der Waals surface area contributed by atoms with Crippen molar-refractivity contribution in [3.8, 4) is 0 Å². The second-order valence-electron chi connectivity index (χ2n) is 3.37. The molecule has 0 spiro atoms. The number of carbonyl (C=O) groups is 2. The van der Waals surface area contributed by atoms with Crippen LogP contribution in [0.4, 0.5) is 5.69 Å². The molecule has 0 aromatic carbocycles. The fourth-order valence-corrected chi connectivity index (χ4v) is 1.74. The fraction of sp³-hybridized carbons (Fsp3) is 0.300. The Hall–Kier alpha value is -1.91. The van der Waals surface area contributed by atoms with E-state index in [0.717, 1.165) is 0 Å². The molecule has 2 heterocycles. The fourth-order valence-electron chi connectivity index (χ4n) is 1.74. The summed E-state index contributed by atoms with van der Waals surface area (Å²) in [6, 6.07) is 2.62. The first-order valence-corrected chi connectivity index (χ1v) is 4.65. The average Bonchev–Trinajstić information content (AvgIpc) is 2.61. The largest absolute Gasteiger partial charge is 0.480 e. The third kappa shape index (κ3) is 1.68. The van der Waals surface area contributed by atoms with Crippen molar-refractivity contribution in [1.82, 2.24) is 4.98 Å². The summed E-state index contributed by atoms with van der Waals surface area (Å²) in [5.41, 5.74) is 0.549. The van der Waals surface area contributed by atoms with Gasteiger partial charge in [0.1, 0.15) is 6.04 Å². The lowest BCUT2D eigenvalue weighted by atomic mass is 10.2. The number of pyridine rings is 1. The van der Waals surface area contributed by atoms with Crippen LogP contribution in [0.1, 0.15) is 12.8 Å². The van der Waals surface area contributed by atoms with Crippen LogP contribution in [0.3, 0.4) is 0 Å². The van der Waals surface area contributed by atoms with E-state index in [-0.39, 0.29) is 12.3 Å². The van der Waals surface area contributed by atoms with Gasteiger partial charge in [-0.3, -0.25) is 14.7 Å². The van der Waals surface area contributed by atoms with Crippen molar-refractivity contribution >= 4 is 17.6 Å². The van der Waals surface area contributed by atoms with E-state index < -0.39 is 12.0 Å². The molecular formula is C10H10N2O3. The molecule has 1 fully saturated rings. The Morgan fingerprint density at radius 2 is 2.40 bits per heavy atom. The normalized spacial score (nSPS) is 20.7. The number of rotatable bonds is 2. The molecule has 0 radical (unpaired) electrons. The summed E-state index contributed by atoms with van der Waals surface area (Å²) in [5, 5.41) is 8.95. The minimum atomic E-state index is -0.968. The molecule has 15 heavy (non-hydrogen) atoms. The van der Waals surface area contributed by atoms with Gasteiger partial charge < -0.3 is 5.11 Å². The summed E-state index contributed by atoms with van der Waals surface area (Å²) in [7, 11) is 0. The van der Waals surface area contributed by atoms with Crippen LogP contribution in [0, 0.1) is 0 Å². The molecule has 5 heteroatoms. The Morgan fingerprint density at radius 1 is 1.60 bits per heavy atom. The van der Waals surface area contributed by atoms with E-state index >= 15 is 0 Å². The van der Waals surface area contributed by atoms with Crippen molar-refractivity contribution in [3.63, 3.8) is 0 Å². The third-order valence-corrected chi connectivity index (χ3v) is 2.42. The SMILES string of the molecule is O=C(O)[C@@H]1CCC(=O)N1c1cccnc1. The van der Waals surface area contributed by atoms with Gasteiger partial charge in [-0.1, -0.05) is 0 Å². The van der Waals surface area contributed by atoms with Crippen LogP contribution in [0.15, 0.2) is 24.5 Å². The molecule has 1 amide bonds. The number of hydrogen-bond acceptors (Lipinski definition) is 3. The zero-order chi connectivity index (χ0) is 10.8. The quantitative estimate of drug-likeness (QED) is 0.771. The Morgan fingerprint density at radius 3 is 3.00 bits per heavy atom. The Bertz CT molecular complexity index is 391. The summed E-state index contributed by atoms with van der Waals surface area (Å²) in [6.07, 6.45) is 3.73. The van der Waals surface area contributed by atoms with Crippen LogP contribution in [-0.4, -0.2) is 28.0 Å². The van der Waals surface area contributed by atoms with E-state index in [1.807, 2.05) is 0 Å². The van der Waals surface area contributed by atoms with Crippen LogP contribution in [-0.2, 0) is 9.59 Å². The maximum Gasteiger partial charge on any atom is 0.326 e. The lowest BCUT2D eigenvalue weighted by molar-refractivity contribution is -0.138. The highest BCUT2D eigenvalue weighted by atomic mass is 16.4. The Kier molecular flexibility index (Phi) is 2.37. The van der Waals surface area contributed by atoms with Gasteiger partial charge in [-0.25, -0.2) is 4.79 Å². The highest BCUT2D eigenvalue weighted by Crippen LogP contribution is 2.25. The monoisotopic (exact) mass is 206 g/mol. The maximum atomic E-state index is 11.5. The minimum absolute atomic E-state index is 0.157. The van der Waals surface area contributed by atoms with Crippen LogP contribution < -0.4 is 4.90 Å². The number of carbonyl (C=O) groups excluding carboxylic acids is 1. The molecule has 1 saturated heterocycles. The number of hydrogen-bond donors (Lipinski definition) is 1. The number of aromatic nitrogens is 1. The van der Waals surface area contributed by atoms with Gasteiger partial charge in [-0.05, 0) is 18.6 Å². The number of amides is 1. The van der Waals surface area contributed by atoms with E-state index in [4.69, 9.17) is 5.11 Å². The highest BCUT2D eigenvalue weighted by Gasteiger charge is 2.36. The van der Waals surface area contributed by atoms with Gasteiger partial charge in [0.25, 0.3) is 0 Å². The van der Waals surface area contributed by atoms with Crippen molar-refractivity contribution in [3.05, 3.63) is 24.5 Å². The molecule has 1 atom stereocenters. The molecule has 1 N–H and O–H groups in total. The summed E-state index contributed by atoms with van der Waals surface area (Å²) >= 11 is 0. The summed E-state index contributed by atoms with van der Waals surface area (Å²) in [6.45, 7) is 0. The van der Waals surface area contributed by atoms with E-state index in [9.17, 15) is 9.59 Å². The van der Waals surface area contributed by atoms with Crippen LogP contribution in [0.25, 0.3) is 0 Å². The number of anilines is 1. The van der Waals surface area contributed by atoms with Gasteiger partial charge in [-0.2, -0.15) is 0 Å². The number of aliphatic carboxylic acids is 1. The first-order valence-electron chi connectivity index (χ1n) is 4.65. The number of carboxylic acids is 1. The van der Waals surface area contributed by atoms with Crippen molar-refractivity contribution in [2.24, 2.45) is 0 Å². The van der Waals surface area contributed by atoms with Crippen LogP contribution in [0.2, 0.25) is 0 Å². The lowest BCUT2D eigenvalue weighted by Crippen LogP contribution is -2.38. The van der Waals surface area contributed by atoms with E-state index in [1.54, 1.807) is 18.3 Å². The van der Waals surface area contributed by atoms with Crippen molar-refractivity contribution < 1.29 is 14.7 Å². The predicted octanol–water partition coefficient (Wildman–Crippen LogP) is 0.662. The molecule has 1 aliphatic heterocycles. The molecule has 1 aliphatic rings.